The lowest BCUT2D eigenvalue weighted by atomic mass is 10.2. The van der Waals surface area contributed by atoms with Crippen LogP contribution in [0.25, 0.3) is 0 Å². The zero-order valence-corrected chi connectivity index (χ0v) is 13.7. The molecule has 134 valence electrons. The van der Waals surface area contributed by atoms with Crippen LogP contribution in [0.1, 0.15) is 33.1 Å². The molecule has 0 aliphatic carbocycles. The highest BCUT2D eigenvalue weighted by atomic mass is 32.1. The topological polar surface area (TPSA) is 90.5 Å². The summed E-state index contributed by atoms with van der Waals surface area (Å²) >= 11 is 1.09. The average molecular weight is 373 g/mol. The molecule has 0 aliphatic heterocycles. The van der Waals surface area contributed by atoms with Gasteiger partial charge in [-0.2, -0.15) is 13.2 Å². The zero-order valence-electron chi connectivity index (χ0n) is 12.8. The highest BCUT2D eigenvalue weighted by Crippen LogP contribution is 2.30. The van der Waals surface area contributed by atoms with Crippen LogP contribution in [-0.2, 0) is 6.18 Å². The van der Waals surface area contributed by atoms with Crippen molar-refractivity contribution in [1.82, 2.24) is 10.8 Å². The highest BCUT2D eigenvalue weighted by molar-refractivity contribution is 7.14. The number of anilines is 1. The van der Waals surface area contributed by atoms with Gasteiger partial charge < -0.3 is 10.6 Å². The molecular weight excluding hydrogens is 359 g/mol. The van der Waals surface area contributed by atoms with E-state index in [2.05, 4.69) is 10.6 Å². The van der Waals surface area contributed by atoms with E-state index in [1.54, 1.807) is 13.0 Å². The Balaban J connectivity index is 1.95. The summed E-state index contributed by atoms with van der Waals surface area (Å²) in [6.45, 7) is 1.68. The summed E-state index contributed by atoms with van der Waals surface area (Å²) in [5.74, 6) is -0.655. The fourth-order valence-corrected chi connectivity index (χ4v) is 2.84. The van der Waals surface area contributed by atoms with Crippen molar-refractivity contribution in [2.45, 2.75) is 19.1 Å². The highest BCUT2D eigenvalue weighted by Gasteiger charge is 2.30. The van der Waals surface area contributed by atoms with Gasteiger partial charge >= 0.3 is 12.2 Å². The number of carbonyl (C=O) groups is 2. The third kappa shape index (κ3) is 4.94. The van der Waals surface area contributed by atoms with Crippen molar-refractivity contribution in [2.75, 3.05) is 5.32 Å². The molecule has 0 spiro atoms. The summed E-state index contributed by atoms with van der Waals surface area (Å²) in [5, 5.41) is 13.6. The van der Waals surface area contributed by atoms with E-state index in [1.807, 2.05) is 0 Å². The number of halogens is 3. The summed E-state index contributed by atoms with van der Waals surface area (Å²) in [5.41, 5.74) is 0.921. The molecule has 25 heavy (non-hydrogen) atoms. The van der Waals surface area contributed by atoms with Gasteiger partial charge in [0.2, 0.25) is 0 Å². The van der Waals surface area contributed by atoms with Gasteiger partial charge in [0.25, 0.3) is 5.91 Å². The van der Waals surface area contributed by atoms with Crippen molar-refractivity contribution in [3.8, 4) is 0 Å². The van der Waals surface area contributed by atoms with E-state index >= 15 is 0 Å². The first kappa shape index (κ1) is 18.7. The van der Waals surface area contributed by atoms with E-state index in [9.17, 15) is 22.8 Å². The Bertz CT molecular complexity index is 759. The van der Waals surface area contributed by atoms with Gasteiger partial charge in [-0.05, 0) is 43.3 Å². The molecule has 1 aromatic heterocycles. The molecule has 2 rings (SSSR count). The number of nitrogens with one attached hydrogen (secondary N) is 3. The van der Waals surface area contributed by atoms with Crippen LogP contribution in [0.15, 0.2) is 36.4 Å². The number of urea groups is 1. The number of thiophene rings is 1. The van der Waals surface area contributed by atoms with Crippen molar-refractivity contribution in [1.29, 1.82) is 0 Å². The molecule has 4 N–H and O–H groups in total. The molecule has 1 atom stereocenters. The van der Waals surface area contributed by atoms with Gasteiger partial charge in [0, 0.05) is 10.6 Å². The maximum atomic E-state index is 12.5. The Morgan fingerprint density at radius 3 is 2.32 bits per heavy atom. The molecule has 10 heteroatoms. The molecule has 0 aliphatic rings. The van der Waals surface area contributed by atoms with Gasteiger partial charge in [-0.1, -0.05) is 0 Å². The van der Waals surface area contributed by atoms with E-state index in [1.165, 1.54) is 11.5 Å². The largest absolute Gasteiger partial charge is 0.416 e. The molecule has 0 saturated carbocycles. The molecule has 0 fully saturated rings. The fourth-order valence-electron chi connectivity index (χ4n) is 1.94. The van der Waals surface area contributed by atoms with Gasteiger partial charge in [-0.15, -0.1) is 11.3 Å². The third-order valence-corrected chi connectivity index (χ3v) is 4.46. The van der Waals surface area contributed by atoms with Crippen LogP contribution in [0.5, 0.6) is 0 Å². The minimum atomic E-state index is -4.44. The smallest absolute Gasteiger partial charge is 0.331 e. The Morgan fingerprint density at radius 2 is 1.76 bits per heavy atom. The van der Waals surface area contributed by atoms with Crippen molar-refractivity contribution in [3.05, 3.63) is 51.7 Å². The third-order valence-electron chi connectivity index (χ3n) is 3.20. The lowest BCUT2D eigenvalue weighted by molar-refractivity contribution is -0.137. The molecule has 0 saturated heterocycles. The molecular formula is C15H14F3N3O3S. The number of carbonyl (C=O) groups excluding carboxylic acids is 2. The average Bonchev–Trinajstić information content (AvgIpc) is 3.03. The molecule has 1 heterocycles. The Hall–Kier alpha value is -2.59. The van der Waals surface area contributed by atoms with Crippen LogP contribution in [-0.4, -0.2) is 17.1 Å². The summed E-state index contributed by atoms with van der Waals surface area (Å²) in [6.07, 6.45) is -4.44. The predicted octanol–water partition coefficient (Wildman–Crippen LogP) is 3.77. The molecule has 2 aromatic rings. The lowest BCUT2D eigenvalue weighted by Crippen LogP contribution is -2.30. The maximum absolute atomic E-state index is 12.5. The SMILES string of the molecule is CC(NC(=O)Nc1ccc(C(F)(F)F)cc1)c1ccc(C(=O)NO)s1. The van der Waals surface area contributed by atoms with Gasteiger partial charge in [-0.3, -0.25) is 10.0 Å². The fraction of sp³-hybridized carbons (Fsp3) is 0.200. The number of amides is 3. The van der Waals surface area contributed by atoms with Crippen molar-refractivity contribution >= 4 is 29.0 Å². The normalized spacial score (nSPS) is 12.4. The Morgan fingerprint density at radius 1 is 1.12 bits per heavy atom. The standard InChI is InChI=1S/C15H14F3N3O3S/c1-8(11-6-7-12(25-11)13(22)21-24)19-14(23)20-10-4-2-9(3-5-10)15(16,17)18/h2-8,24H,1H3,(H,21,22)(H2,19,20,23). The first-order valence-electron chi connectivity index (χ1n) is 6.99. The van der Waals surface area contributed by atoms with Crippen LogP contribution in [0.2, 0.25) is 0 Å². The number of rotatable bonds is 4. The first-order chi connectivity index (χ1) is 11.7. The second kappa shape index (κ2) is 7.53. The lowest BCUT2D eigenvalue weighted by Gasteiger charge is -2.14. The molecule has 0 radical (unpaired) electrons. The van der Waals surface area contributed by atoms with Gasteiger partial charge in [-0.25, -0.2) is 10.3 Å². The maximum Gasteiger partial charge on any atom is 0.416 e. The van der Waals surface area contributed by atoms with E-state index in [4.69, 9.17) is 5.21 Å². The monoisotopic (exact) mass is 373 g/mol. The number of hydrogen-bond donors (Lipinski definition) is 4. The Labute approximate surface area is 144 Å². The quantitative estimate of drug-likeness (QED) is 0.486. The van der Waals surface area contributed by atoms with Crippen molar-refractivity contribution < 1.29 is 28.0 Å². The minimum Gasteiger partial charge on any atom is -0.331 e. The van der Waals surface area contributed by atoms with Crippen LogP contribution >= 0.6 is 11.3 Å². The van der Waals surface area contributed by atoms with Gasteiger partial charge in [0.1, 0.15) is 0 Å². The second-order valence-corrected chi connectivity index (χ2v) is 6.15. The van der Waals surface area contributed by atoms with Crippen LogP contribution in [0, 0.1) is 0 Å². The van der Waals surface area contributed by atoms with Gasteiger partial charge in [0.15, 0.2) is 0 Å². The summed E-state index contributed by atoms with van der Waals surface area (Å²) in [6, 6.07) is 6.13. The first-order valence-corrected chi connectivity index (χ1v) is 7.81. The van der Waals surface area contributed by atoms with Crippen molar-refractivity contribution in [3.63, 3.8) is 0 Å². The number of hydrogen-bond acceptors (Lipinski definition) is 4. The summed E-state index contributed by atoms with van der Waals surface area (Å²) in [7, 11) is 0. The summed E-state index contributed by atoms with van der Waals surface area (Å²) < 4.78 is 37.5. The predicted molar refractivity (Wildman–Crippen MR) is 85.6 cm³/mol. The minimum absolute atomic E-state index is 0.212. The number of alkyl halides is 3. The molecule has 3 amide bonds. The second-order valence-electron chi connectivity index (χ2n) is 5.04. The van der Waals surface area contributed by atoms with E-state index in [0.717, 1.165) is 35.6 Å². The van der Waals surface area contributed by atoms with E-state index in [-0.39, 0.29) is 10.6 Å². The number of hydroxylamine groups is 1. The molecule has 1 aromatic carbocycles. The van der Waals surface area contributed by atoms with E-state index < -0.39 is 29.7 Å². The molecule has 6 nitrogen and oxygen atoms in total. The van der Waals surface area contributed by atoms with Crippen LogP contribution < -0.4 is 16.1 Å². The van der Waals surface area contributed by atoms with Gasteiger partial charge in [0.05, 0.1) is 16.5 Å². The number of benzene rings is 1. The van der Waals surface area contributed by atoms with Crippen molar-refractivity contribution in [2.24, 2.45) is 0 Å². The van der Waals surface area contributed by atoms with E-state index in [0.29, 0.717) is 4.88 Å². The molecule has 1 unspecified atom stereocenters. The summed E-state index contributed by atoms with van der Waals surface area (Å²) in [4.78, 5) is 24.1. The molecule has 0 bridgehead atoms. The van der Waals surface area contributed by atoms with Crippen LogP contribution in [0.3, 0.4) is 0 Å². The Kier molecular flexibility index (Phi) is 5.65. The zero-order chi connectivity index (χ0) is 18.6. The van der Waals surface area contributed by atoms with Crippen LogP contribution in [0.4, 0.5) is 23.7 Å².